The zero-order valence-corrected chi connectivity index (χ0v) is 16.8. The Morgan fingerprint density at radius 2 is 1.24 bits per heavy atom. The molecule has 0 amide bonds. The predicted octanol–water partition coefficient (Wildman–Crippen LogP) is 2.99. The zero-order valence-electron chi connectivity index (χ0n) is 15.8. The Balaban J connectivity index is 1.83. The first-order chi connectivity index (χ1) is 14.4. The molecule has 6 rings (SSSR count). The van der Waals surface area contributed by atoms with E-state index in [-0.39, 0.29) is 0 Å². The first-order valence-corrected chi connectivity index (χ1v) is 11.8. The Bertz CT molecular complexity index is 1310. The molecule has 0 fully saturated rings. The van der Waals surface area contributed by atoms with Gasteiger partial charge >= 0.3 is 0 Å². The van der Waals surface area contributed by atoms with Crippen LogP contribution in [0.1, 0.15) is 0 Å². The Morgan fingerprint density at radius 1 is 0.586 bits per heavy atom. The van der Waals surface area contributed by atoms with E-state index in [9.17, 15) is 0 Å². The molecule has 0 saturated heterocycles. The van der Waals surface area contributed by atoms with E-state index in [1.54, 1.807) is 6.33 Å². The number of benzene rings is 4. The average molecular weight is 387 g/mol. The van der Waals surface area contributed by atoms with Crippen LogP contribution < -0.4 is 20.7 Å². The van der Waals surface area contributed by atoms with Gasteiger partial charge in [-0.3, -0.25) is 0 Å². The van der Waals surface area contributed by atoms with Crippen LogP contribution in [0.5, 0.6) is 0 Å². The second kappa shape index (κ2) is 6.22. The van der Waals surface area contributed by atoms with E-state index in [0.29, 0.717) is 0 Å². The summed E-state index contributed by atoms with van der Waals surface area (Å²) in [6.45, 7) is 0. The van der Waals surface area contributed by atoms with E-state index < -0.39 is 8.07 Å². The normalized spacial score (nSPS) is 13.8. The number of hydrogen-bond acceptors (Lipinski definition) is 2. The van der Waals surface area contributed by atoms with E-state index in [1.807, 2.05) is 6.20 Å². The summed E-state index contributed by atoms with van der Waals surface area (Å²) in [4.78, 5) is 8.81. The van der Waals surface area contributed by atoms with Crippen molar-refractivity contribution in [1.82, 2.24) is 9.97 Å². The molecule has 1 aliphatic rings. The smallest absolute Gasteiger partial charge is 0.180 e. The molecule has 5 aromatic rings. The van der Waals surface area contributed by atoms with Gasteiger partial charge in [0.2, 0.25) is 0 Å². The summed E-state index contributed by atoms with van der Waals surface area (Å²) in [5, 5.41) is 6.80. The topological polar surface area (TPSA) is 25.8 Å². The number of hydrogen-bond donors (Lipinski definition) is 0. The molecule has 0 bridgehead atoms. The Labute approximate surface area is 170 Å². The minimum absolute atomic E-state index is 1.000. The minimum Gasteiger partial charge on any atom is -0.244 e. The molecule has 0 saturated carbocycles. The minimum atomic E-state index is -2.40. The zero-order chi connectivity index (χ0) is 19.3. The van der Waals surface area contributed by atoms with Gasteiger partial charge in [-0.05, 0) is 37.9 Å². The van der Waals surface area contributed by atoms with Crippen LogP contribution >= 0.6 is 0 Å². The lowest BCUT2D eigenvalue weighted by molar-refractivity contribution is 1.22. The van der Waals surface area contributed by atoms with Crippen molar-refractivity contribution in [2.75, 3.05) is 0 Å². The van der Waals surface area contributed by atoms with Crippen molar-refractivity contribution in [3.05, 3.63) is 110 Å². The first-order valence-electron chi connectivity index (χ1n) is 9.84. The van der Waals surface area contributed by atoms with Gasteiger partial charge in [-0.25, -0.2) is 9.97 Å². The molecule has 1 aliphatic heterocycles. The van der Waals surface area contributed by atoms with Crippen LogP contribution in [0.25, 0.3) is 22.0 Å². The van der Waals surface area contributed by atoms with Gasteiger partial charge < -0.3 is 0 Å². The van der Waals surface area contributed by atoms with Crippen LogP contribution in [0, 0.1) is 0 Å². The van der Waals surface area contributed by atoms with Crippen LogP contribution in [0.3, 0.4) is 0 Å². The summed E-state index contributed by atoms with van der Waals surface area (Å²) in [6.07, 6.45) is 3.56. The maximum Gasteiger partial charge on any atom is 0.180 e. The number of nitrogens with zero attached hydrogens (tertiary/aromatic N) is 2. The average Bonchev–Trinajstić information content (AvgIpc) is 3.09. The van der Waals surface area contributed by atoms with Crippen molar-refractivity contribution >= 4 is 39.7 Å². The van der Waals surface area contributed by atoms with Crippen molar-refractivity contribution in [3.8, 4) is 11.1 Å². The molecule has 3 heteroatoms. The highest BCUT2D eigenvalue weighted by molar-refractivity contribution is 7.22. The van der Waals surface area contributed by atoms with Crippen molar-refractivity contribution in [2.24, 2.45) is 0 Å². The molecular formula is C26H18N2Si. The largest absolute Gasteiger partial charge is 0.244 e. The highest BCUT2D eigenvalue weighted by atomic mass is 28.3. The standard InChI is InChI=1S/C26H18N2Si/c1-3-9-20(10-4-1)29(21-11-5-2-6-12-21)25-14-8-7-13-22(25)23-16-24-19(15-26(23)29)17-27-18-28-24/h1-18H. The van der Waals surface area contributed by atoms with Crippen molar-refractivity contribution < 1.29 is 0 Å². The molecule has 0 atom stereocenters. The Morgan fingerprint density at radius 3 is 1.97 bits per heavy atom. The second-order valence-corrected chi connectivity index (χ2v) is 11.2. The summed E-state index contributed by atoms with van der Waals surface area (Å²) < 4.78 is 0. The third-order valence-electron chi connectivity index (χ3n) is 6.08. The number of fused-ring (bicyclic) bond motifs is 4. The lowest BCUT2D eigenvalue weighted by Crippen LogP contribution is -2.72. The molecule has 2 nitrogen and oxygen atoms in total. The Kier molecular flexibility index (Phi) is 3.52. The maximum atomic E-state index is 4.53. The van der Waals surface area contributed by atoms with Crippen LogP contribution in [0.4, 0.5) is 0 Å². The van der Waals surface area contributed by atoms with Gasteiger partial charge in [0.05, 0.1) is 5.52 Å². The van der Waals surface area contributed by atoms with Crippen LogP contribution in [-0.2, 0) is 0 Å². The van der Waals surface area contributed by atoms with Crippen molar-refractivity contribution in [3.63, 3.8) is 0 Å². The quantitative estimate of drug-likeness (QED) is 0.428. The fraction of sp³-hybridized carbons (Fsp3) is 0. The van der Waals surface area contributed by atoms with E-state index in [4.69, 9.17) is 0 Å². The van der Waals surface area contributed by atoms with E-state index >= 15 is 0 Å². The van der Waals surface area contributed by atoms with Crippen molar-refractivity contribution in [2.45, 2.75) is 0 Å². The fourth-order valence-corrected chi connectivity index (χ4v) is 10.1. The second-order valence-electron chi connectivity index (χ2n) is 7.51. The van der Waals surface area contributed by atoms with Gasteiger partial charge in [0.15, 0.2) is 8.07 Å². The molecule has 2 heterocycles. The first kappa shape index (κ1) is 16.4. The molecule has 0 radical (unpaired) electrons. The summed E-state index contributed by atoms with van der Waals surface area (Å²) in [7, 11) is -2.40. The predicted molar refractivity (Wildman–Crippen MR) is 122 cm³/mol. The van der Waals surface area contributed by atoms with Crippen molar-refractivity contribution in [1.29, 1.82) is 0 Å². The monoisotopic (exact) mass is 386 g/mol. The number of rotatable bonds is 2. The van der Waals surface area contributed by atoms with E-state index in [2.05, 4.69) is 107 Å². The third-order valence-corrected chi connectivity index (χ3v) is 10.9. The van der Waals surface area contributed by atoms with Gasteiger partial charge in [0.25, 0.3) is 0 Å². The molecule has 4 aromatic carbocycles. The van der Waals surface area contributed by atoms with Crippen LogP contribution in [0.15, 0.2) is 110 Å². The highest BCUT2D eigenvalue weighted by Gasteiger charge is 2.48. The summed E-state index contributed by atoms with van der Waals surface area (Å²) >= 11 is 0. The van der Waals surface area contributed by atoms with Gasteiger partial charge in [-0.1, -0.05) is 91.0 Å². The fourth-order valence-electron chi connectivity index (χ4n) is 4.92. The molecule has 0 unspecified atom stereocenters. The molecule has 1 aromatic heterocycles. The summed E-state index contributed by atoms with van der Waals surface area (Å²) in [5.74, 6) is 0. The summed E-state index contributed by atoms with van der Waals surface area (Å²) in [6, 6.07) is 35.6. The molecule has 0 spiro atoms. The lowest BCUT2D eigenvalue weighted by Gasteiger charge is -2.31. The molecule has 0 N–H and O–H groups in total. The molecule has 136 valence electrons. The summed E-state index contributed by atoms with van der Waals surface area (Å²) in [5.41, 5.74) is 3.65. The van der Waals surface area contributed by atoms with Gasteiger partial charge in [-0.2, -0.15) is 0 Å². The highest BCUT2D eigenvalue weighted by Crippen LogP contribution is 2.30. The van der Waals surface area contributed by atoms with Crippen LogP contribution in [0.2, 0.25) is 0 Å². The SMILES string of the molecule is c1ccc([Si]2(c3ccccc3)c3ccccc3-c3cc4ncncc4cc32)cc1. The molecule has 29 heavy (non-hydrogen) atoms. The third kappa shape index (κ3) is 2.22. The molecular weight excluding hydrogens is 368 g/mol. The van der Waals surface area contributed by atoms with E-state index in [0.717, 1.165) is 10.9 Å². The lowest BCUT2D eigenvalue weighted by atomic mass is 10.0. The van der Waals surface area contributed by atoms with Gasteiger partial charge in [0.1, 0.15) is 6.33 Å². The molecule has 0 aliphatic carbocycles. The maximum absolute atomic E-state index is 4.53. The Hall–Kier alpha value is -3.56. The number of aromatic nitrogens is 2. The van der Waals surface area contributed by atoms with Gasteiger partial charge in [0, 0.05) is 11.6 Å². The van der Waals surface area contributed by atoms with E-state index in [1.165, 1.54) is 31.9 Å². The van der Waals surface area contributed by atoms with Crippen LogP contribution in [-0.4, -0.2) is 18.0 Å². The van der Waals surface area contributed by atoms with Gasteiger partial charge in [-0.15, -0.1) is 0 Å².